The molecule has 2 N–H and O–H groups in total. The third-order valence-corrected chi connectivity index (χ3v) is 4.77. The highest BCUT2D eigenvalue weighted by Gasteiger charge is 2.14. The van der Waals surface area contributed by atoms with Gasteiger partial charge in [0.25, 0.3) is 5.91 Å². The number of thiazole rings is 1. The lowest BCUT2D eigenvalue weighted by Gasteiger charge is -2.00. The zero-order valence-corrected chi connectivity index (χ0v) is 16.3. The minimum Gasteiger partial charge on any atom is -0.458 e. The smallest absolute Gasteiger partial charge is 0.260 e. The monoisotopic (exact) mass is 407 g/mol. The zero-order valence-electron chi connectivity index (χ0n) is 15.5. The molecule has 2 amide bonds. The number of hydrogen-bond donors (Lipinski definition) is 2. The highest BCUT2D eigenvalue weighted by Crippen LogP contribution is 2.27. The maximum absolute atomic E-state index is 12.5. The molecule has 0 bridgehead atoms. The number of para-hydroxylation sites is 1. The quantitative estimate of drug-likeness (QED) is 0.509. The number of carbonyl (C=O) groups excluding carboxylic acids is 2. The number of anilines is 1. The average Bonchev–Trinajstić information content (AvgIpc) is 3.47. The summed E-state index contributed by atoms with van der Waals surface area (Å²) < 4.78 is 7.32. The molecular formula is C20H17N5O3S. The fourth-order valence-electron chi connectivity index (χ4n) is 2.60. The van der Waals surface area contributed by atoms with Gasteiger partial charge >= 0.3 is 0 Å². The van der Waals surface area contributed by atoms with E-state index < -0.39 is 0 Å². The van der Waals surface area contributed by atoms with Gasteiger partial charge in [0.1, 0.15) is 11.5 Å². The Bertz CT molecular complexity index is 1150. The van der Waals surface area contributed by atoms with Crippen LogP contribution in [0.1, 0.15) is 23.0 Å². The van der Waals surface area contributed by atoms with Crippen LogP contribution in [0.3, 0.4) is 0 Å². The van der Waals surface area contributed by atoms with E-state index in [4.69, 9.17) is 4.42 Å². The molecule has 0 atom stereocenters. The van der Waals surface area contributed by atoms with Crippen LogP contribution in [0.2, 0.25) is 0 Å². The molecule has 146 valence electrons. The van der Waals surface area contributed by atoms with E-state index in [1.165, 1.54) is 24.5 Å². The summed E-state index contributed by atoms with van der Waals surface area (Å²) in [6, 6.07) is 13.1. The summed E-state index contributed by atoms with van der Waals surface area (Å²) in [6.45, 7) is 1.76. The van der Waals surface area contributed by atoms with Crippen LogP contribution in [0.4, 0.5) is 5.13 Å². The third-order valence-electron chi connectivity index (χ3n) is 4.02. The van der Waals surface area contributed by atoms with Crippen molar-refractivity contribution in [3.8, 4) is 17.1 Å². The van der Waals surface area contributed by atoms with Crippen molar-refractivity contribution in [3.05, 3.63) is 71.6 Å². The summed E-state index contributed by atoms with van der Waals surface area (Å²) >= 11 is 1.30. The Morgan fingerprint density at radius 3 is 2.79 bits per heavy atom. The summed E-state index contributed by atoms with van der Waals surface area (Å²) in [5, 5.41) is 11.9. The molecule has 0 saturated carbocycles. The Hall–Kier alpha value is -3.72. The summed E-state index contributed by atoms with van der Waals surface area (Å²) in [5.74, 6) is 0.775. The molecule has 0 aliphatic heterocycles. The zero-order chi connectivity index (χ0) is 20.2. The predicted octanol–water partition coefficient (Wildman–Crippen LogP) is 3.48. The Morgan fingerprint density at radius 2 is 2.00 bits per heavy atom. The lowest BCUT2D eigenvalue weighted by molar-refractivity contribution is -0.119. The maximum Gasteiger partial charge on any atom is 0.260 e. The second-order valence-electron chi connectivity index (χ2n) is 6.18. The maximum atomic E-state index is 12.5. The van der Waals surface area contributed by atoms with E-state index in [0.29, 0.717) is 34.5 Å². The SMILES string of the molecule is CC(=O)NCc1ccc(-c2csc(NC(=O)c3cnn(-c4ccccc4)c3)n2)o1. The van der Waals surface area contributed by atoms with Crippen LogP contribution in [0.25, 0.3) is 17.1 Å². The molecule has 4 aromatic rings. The van der Waals surface area contributed by atoms with Crippen LogP contribution >= 0.6 is 11.3 Å². The van der Waals surface area contributed by atoms with Crippen molar-refractivity contribution < 1.29 is 14.0 Å². The number of furan rings is 1. The fraction of sp³-hybridized carbons (Fsp3) is 0.100. The van der Waals surface area contributed by atoms with Crippen LogP contribution in [0, 0.1) is 0 Å². The van der Waals surface area contributed by atoms with Crippen LogP contribution < -0.4 is 10.6 Å². The van der Waals surface area contributed by atoms with Crippen LogP contribution in [-0.2, 0) is 11.3 Å². The number of amides is 2. The van der Waals surface area contributed by atoms with Crippen molar-refractivity contribution >= 4 is 28.3 Å². The van der Waals surface area contributed by atoms with Crippen molar-refractivity contribution in [2.24, 2.45) is 0 Å². The molecule has 0 saturated heterocycles. The van der Waals surface area contributed by atoms with Crippen LogP contribution in [-0.4, -0.2) is 26.6 Å². The standard InChI is InChI=1S/C20H17N5O3S/c1-13(26)21-10-16-7-8-18(28-16)17-12-29-20(23-17)24-19(27)14-9-22-25(11-14)15-5-3-2-4-6-15/h2-9,11-12H,10H2,1H3,(H,21,26)(H,23,24,27). The first-order valence-electron chi connectivity index (χ1n) is 8.79. The van der Waals surface area contributed by atoms with Gasteiger partial charge < -0.3 is 9.73 Å². The van der Waals surface area contributed by atoms with Gasteiger partial charge in [-0.3, -0.25) is 14.9 Å². The molecule has 0 fully saturated rings. The minimum absolute atomic E-state index is 0.128. The number of hydrogen-bond acceptors (Lipinski definition) is 6. The lowest BCUT2D eigenvalue weighted by atomic mass is 10.3. The van der Waals surface area contributed by atoms with Crippen LogP contribution in [0.5, 0.6) is 0 Å². The molecular weight excluding hydrogens is 390 g/mol. The van der Waals surface area contributed by atoms with Crippen molar-refractivity contribution in [1.29, 1.82) is 0 Å². The van der Waals surface area contributed by atoms with Gasteiger partial charge in [0, 0.05) is 18.5 Å². The third kappa shape index (κ3) is 4.41. The predicted molar refractivity (Wildman–Crippen MR) is 109 cm³/mol. The number of rotatable bonds is 6. The normalized spacial score (nSPS) is 10.7. The first kappa shape index (κ1) is 18.6. The first-order valence-corrected chi connectivity index (χ1v) is 9.67. The van der Waals surface area contributed by atoms with Gasteiger partial charge in [-0.05, 0) is 24.3 Å². The Balaban J connectivity index is 1.42. The number of aromatic nitrogens is 3. The molecule has 0 spiro atoms. The molecule has 3 aromatic heterocycles. The van der Waals surface area contributed by atoms with Crippen molar-refractivity contribution in [1.82, 2.24) is 20.1 Å². The second-order valence-corrected chi connectivity index (χ2v) is 7.03. The second kappa shape index (κ2) is 8.11. The van der Waals surface area contributed by atoms with Crippen molar-refractivity contribution in [2.75, 3.05) is 5.32 Å². The van der Waals surface area contributed by atoms with E-state index in [2.05, 4.69) is 20.7 Å². The van der Waals surface area contributed by atoms with E-state index in [1.54, 1.807) is 28.4 Å². The van der Waals surface area contributed by atoms with E-state index in [-0.39, 0.29) is 11.8 Å². The fourth-order valence-corrected chi connectivity index (χ4v) is 3.29. The van der Waals surface area contributed by atoms with Gasteiger partial charge in [0.15, 0.2) is 10.9 Å². The topological polar surface area (TPSA) is 102 Å². The summed E-state index contributed by atoms with van der Waals surface area (Å²) in [6.07, 6.45) is 3.18. The van der Waals surface area contributed by atoms with Gasteiger partial charge in [-0.2, -0.15) is 5.10 Å². The number of nitrogens with one attached hydrogen (secondary N) is 2. The molecule has 8 nitrogen and oxygen atoms in total. The van der Waals surface area contributed by atoms with Crippen molar-refractivity contribution in [2.45, 2.75) is 13.5 Å². The Kier molecular flexibility index (Phi) is 5.21. The molecule has 1 aromatic carbocycles. The molecule has 4 rings (SSSR count). The molecule has 0 aliphatic carbocycles. The van der Waals surface area contributed by atoms with Gasteiger partial charge in [0.2, 0.25) is 5.91 Å². The van der Waals surface area contributed by atoms with Gasteiger partial charge in [-0.25, -0.2) is 9.67 Å². The summed E-state index contributed by atoms with van der Waals surface area (Å²) in [7, 11) is 0. The average molecular weight is 407 g/mol. The highest BCUT2D eigenvalue weighted by atomic mass is 32.1. The summed E-state index contributed by atoms with van der Waals surface area (Å²) in [5.41, 5.74) is 1.91. The lowest BCUT2D eigenvalue weighted by Crippen LogP contribution is -2.18. The van der Waals surface area contributed by atoms with Gasteiger partial charge in [-0.1, -0.05) is 18.2 Å². The minimum atomic E-state index is -0.293. The van der Waals surface area contributed by atoms with E-state index >= 15 is 0 Å². The van der Waals surface area contributed by atoms with E-state index in [1.807, 2.05) is 30.3 Å². The Morgan fingerprint density at radius 1 is 1.17 bits per heavy atom. The molecule has 0 aliphatic rings. The molecule has 0 unspecified atom stereocenters. The first-order chi connectivity index (χ1) is 14.1. The van der Waals surface area contributed by atoms with E-state index in [0.717, 1.165) is 5.69 Å². The molecule has 29 heavy (non-hydrogen) atoms. The van der Waals surface area contributed by atoms with Crippen molar-refractivity contribution in [3.63, 3.8) is 0 Å². The number of benzene rings is 1. The highest BCUT2D eigenvalue weighted by molar-refractivity contribution is 7.14. The molecule has 9 heteroatoms. The van der Waals surface area contributed by atoms with E-state index in [9.17, 15) is 9.59 Å². The Labute approximate surface area is 170 Å². The summed E-state index contributed by atoms with van der Waals surface area (Å²) in [4.78, 5) is 27.9. The number of nitrogens with zero attached hydrogens (tertiary/aromatic N) is 3. The molecule has 3 heterocycles. The van der Waals surface area contributed by atoms with Gasteiger partial charge in [0.05, 0.1) is 24.0 Å². The van der Waals surface area contributed by atoms with Crippen LogP contribution in [0.15, 0.2) is 64.7 Å². The molecule has 0 radical (unpaired) electrons. The van der Waals surface area contributed by atoms with Gasteiger partial charge in [-0.15, -0.1) is 11.3 Å². The largest absolute Gasteiger partial charge is 0.458 e. The number of carbonyl (C=O) groups is 2.